The molecular weight excluding hydrogens is 352 g/mol. The Morgan fingerprint density at radius 2 is 1.62 bits per heavy atom. The predicted octanol–water partition coefficient (Wildman–Crippen LogP) is 3.84. The van der Waals surface area contributed by atoms with E-state index in [-0.39, 0.29) is 10.6 Å². The fourth-order valence-electron chi connectivity index (χ4n) is 2.39. The van der Waals surface area contributed by atoms with Crippen molar-refractivity contribution >= 4 is 15.7 Å². The third-order valence-corrected chi connectivity index (χ3v) is 5.28. The van der Waals surface area contributed by atoms with Gasteiger partial charge in [0.1, 0.15) is 0 Å². The molecule has 0 saturated heterocycles. The highest BCUT2D eigenvalue weighted by molar-refractivity contribution is 7.89. The number of allylic oxidation sites excluding steroid dienone is 2. The number of sulfonamides is 1. The van der Waals surface area contributed by atoms with E-state index in [4.69, 9.17) is 0 Å². The summed E-state index contributed by atoms with van der Waals surface area (Å²) < 4.78 is 26.7. The fraction of sp³-hybridized carbons (Fsp3) is 0.263. The molecule has 2 aromatic rings. The van der Waals surface area contributed by atoms with Crippen molar-refractivity contribution in [2.45, 2.75) is 30.6 Å². The van der Waals surface area contributed by atoms with Crippen LogP contribution in [0.4, 0.5) is 5.69 Å². The molecule has 26 heavy (non-hydrogen) atoms. The first-order valence-corrected chi connectivity index (χ1v) is 9.90. The van der Waals surface area contributed by atoms with E-state index in [1.165, 1.54) is 29.8 Å². The van der Waals surface area contributed by atoms with E-state index in [0.717, 1.165) is 19.3 Å². The van der Waals surface area contributed by atoms with Crippen LogP contribution in [0.25, 0.3) is 0 Å². The van der Waals surface area contributed by atoms with Crippen molar-refractivity contribution in [3.05, 3.63) is 82.4 Å². The minimum atomic E-state index is -3.63. The first-order valence-electron chi connectivity index (χ1n) is 8.42. The Kier molecular flexibility index (Phi) is 7.50. The van der Waals surface area contributed by atoms with Crippen molar-refractivity contribution in [3.63, 3.8) is 0 Å². The molecular formula is C19H22N2O4S. The van der Waals surface area contributed by atoms with E-state index in [2.05, 4.69) is 29.0 Å². The SMILES string of the molecule is O=[N+]([O-])c1ccc(S(=O)(=O)NCCC/C=C\CCc2ccccc2)cc1. The van der Waals surface area contributed by atoms with Crippen LogP contribution < -0.4 is 4.72 Å². The van der Waals surface area contributed by atoms with Gasteiger partial charge in [0.15, 0.2) is 0 Å². The number of benzene rings is 2. The Hall–Kier alpha value is -2.51. The van der Waals surface area contributed by atoms with E-state index >= 15 is 0 Å². The van der Waals surface area contributed by atoms with Gasteiger partial charge in [0.25, 0.3) is 5.69 Å². The molecule has 0 amide bonds. The third kappa shape index (κ3) is 6.42. The van der Waals surface area contributed by atoms with Gasteiger partial charge in [0, 0.05) is 18.7 Å². The molecule has 0 radical (unpaired) electrons. The van der Waals surface area contributed by atoms with Crippen LogP contribution >= 0.6 is 0 Å². The van der Waals surface area contributed by atoms with Crippen molar-refractivity contribution in [1.29, 1.82) is 0 Å². The second-order valence-corrected chi connectivity index (χ2v) is 7.55. The number of unbranched alkanes of at least 4 members (excludes halogenated alkanes) is 1. The summed E-state index contributed by atoms with van der Waals surface area (Å²) in [7, 11) is -3.63. The average Bonchev–Trinajstić information content (AvgIpc) is 2.65. The maximum absolute atomic E-state index is 12.1. The maximum Gasteiger partial charge on any atom is 0.269 e. The lowest BCUT2D eigenvalue weighted by molar-refractivity contribution is -0.384. The molecule has 0 aromatic heterocycles. The van der Waals surface area contributed by atoms with E-state index in [1.807, 2.05) is 18.2 Å². The highest BCUT2D eigenvalue weighted by atomic mass is 32.2. The monoisotopic (exact) mass is 374 g/mol. The molecule has 7 heteroatoms. The molecule has 6 nitrogen and oxygen atoms in total. The second-order valence-electron chi connectivity index (χ2n) is 5.79. The van der Waals surface area contributed by atoms with E-state index in [0.29, 0.717) is 13.0 Å². The number of nitrogens with one attached hydrogen (secondary N) is 1. The first-order chi connectivity index (χ1) is 12.5. The summed E-state index contributed by atoms with van der Waals surface area (Å²) in [4.78, 5) is 10.1. The van der Waals surface area contributed by atoms with Crippen molar-refractivity contribution in [2.24, 2.45) is 0 Å². The lowest BCUT2D eigenvalue weighted by atomic mass is 10.1. The summed E-state index contributed by atoms with van der Waals surface area (Å²) in [5.74, 6) is 0. The minimum Gasteiger partial charge on any atom is -0.258 e. The van der Waals surface area contributed by atoms with Gasteiger partial charge in [0.05, 0.1) is 9.82 Å². The van der Waals surface area contributed by atoms with Gasteiger partial charge in [0.2, 0.25) is 10.0 Å². The van der Waals surface area contributed by atoms with Crippen molar-refractivity contribution < 1.29 is 13.3 Å². The molecule has 2 aromatic carbocycles. The van der Waals surface area contributed by atoms with Crippen LogP contribution in [0.3, 0.4) is 0 Å². The van der Waals surface area contributed by atoms with Crippen molar-refractivity contribution in [3.8, 4) is 0 Å². The third-order valence-electron chi connectivity index (χ3n) is 3.81. The Labute approximate surface area is 153 Å². The second kappa shape index (κ2) is 9.84. The summed E-state index contributed by atoms with van der Waals surface area (Å²) in [5.41, 5.74) is 1.16. The molecule has 0 heterocycles. The number of aryl methyl sites for hydroxylation is 1. The zero-order valence-corrected chi connectivity index (χ0v) is 15.2. The maximum atomic E-state index is 12.1. The Balaban J connectivity index is 1.68. The molecule has 0 aliphatic heterocycles. The number of nitro groups is 1. The van der Waals surface area contributed by atoms with Gasteiger partial charge in [-0.3, -0.25) is 10.1 Å². The number of hydrogen-bond donors (Lipinski definition) is 1. The number of hydrogen-bond acceptors (Lipinski definition) is 4. The van der Waals surface area contributed by atoms with Crippen LogP contribution in [-0.4, -0.2) is 19.9 Å². The smallest absolute Gasteiger partial charge is 0.258 e. The summed E-state index contributed by atoms with van der Waals surface area (Å²) in [6.45, 7) is 0.322. The van der Waals surface area contributed by atoms with Gasteiger partial charge in [-0.15, -0.1) is 0 Å². The van der Waals surface area contributed by atoms with Gasteiger partial charge in [-0.25, -0.2) is 13.1 Å². The fourth-order valence-corrected chi connectivity index (χ4v) is 3.46. The molecule has 0 saturated carbocycles. The average molecular weight is 374 g/mol. The molecule has 1 N–H and O–H groups in total. The quantitative estimate of drug-likeness (QED) is 0.296. The molecule has 0 aliphatic rings. The molecule has 138 valence electrons. The summed E-state index contributed by atoms with van der Waals surface area (Å²) >= 11 is 0. The lowest BCUT2D eigenvalue weighted by Gasteiger charge is -2.05. The molecule has 2 rings (SSSR count). The van der Waals surface area contributed by atoms with Gasteiger partial charge in [-0.05, 0) is 43.4 Å². The molecule has 0 unspecified atom stereocenters. The van der Waals surface area contributed by atoms with E-state index in [9.17, 15) is 18.5 Å². The largest absolute Gasteiger partial charge is 0.269 e. The van der Waals surface area contributed by atoms with Gasteiger partial charge in [-0.1, -0.05) is 42.5 Å². The van der Waals surface area contributed by atoms with Crippen LogP contribution in [0, 0.1) is 10.1 Å². The van der Waals surface area contributed by atoms with Crippen molar-refractivity contribution in [1.82, 2.24) is 4.72 Å². The lowest BCUT2D eigenvalue weighted by Crippen LogP contribution is -2.24. The summed E-state index contributed by atoms with van der Waals surface area (Å²) in [5, 5.41) is 10.6. The number of nitrogens with zero attached hydrogens (tertiary/aromatic N) is 1. The summed E-state index contributed by atoms with van der Waals surface area (Å²) in [6, 6.07) is 15.1. The molecule has 0 spiro atoms. The Morgan fingerprint density at radius 1 is 0.962 bits per heavy atom. The zero-order valence-electron chi connectivity index (χ0n) is 14.4. The predicted molar refractivity (Wildman–Crippen MR) is 101 cm³/mol. The van der Waals surface area contributed by atoms with E-state index < -0.39 is 14.9 Å². The molecule has 0 aliphatic carbocycles. The number of rotatable bonds is 10. The van der Waals surface area contributed by atoms with Crippen LogP contribution in [0.5, 0.6) is 0 Å². The normalized spacial score (nSPS) is 11.7. The highest BCUT2D eigenvalue weighted by Crippen LogP contribution is 2.15. The topological polar surface area (TPSA) is 89.3 Å². The molecule has 0 fully saturated rings. The standard InChI is InChI=1S/C19H22N2O4S/c22-21(23)18-12-14-19(15-13-18)26(24,25)20-16-8-3-1-2-5-9-17-10-6-4-7-11-17/h1-2,4,6-7,10-15,20H,3,5,8-9,16H2/b2-1-. The van der Waals surface area contributed by atoms with Crippen molar-refractivity contribution in [2.75, 3.05) is 6.54 Å². The van der Waals surface area contributed by atoms with Crippen LogP contribution in [0.2, 0.25) is 0 Å². The minimum absolute atomic E-state index is 0.0292. The zero-order chi connectivity index (χ0) is 18.8. The van der Waals surface area contributed by atoms with Crippen LogP contribution in [0.15, 0.2) is 71.6 Å². The van der Waals surface area contributed by atoms with Gasteiger partial charge >= 0.3 is 0 Å². The van der Waals surface area contributed by atoms with Gasteiger partial charge < -0.3 is 0 Å². The summed E-state index contributed by atoms with van der Waals surface area (Å²) in [6.07, 6.45) is 7.59. The first kappa shape index (κ1) is 19.8. The Morgan fingerprint density at radius 3 is 2.27 bits per heavy atom. The van der Waals surface area contributed by atoms with Gasteiger partial charge in [-0.2, -0.15) is 0 Å². The molecule has 0 bridgehead atoms. The van der Waals surface area contributed by atoms with Crippen LogP contribution in [-0.2, 0) is 16.4 Å². The van der Waals surface area contributed by atoms with E-state index in [1.54, 1.807) is 0 Å². The molecule has 0 atom stereocenters. The van der Waals surface area contributed by atoms with Crippen LogP contribution in [0.1, 0.15) is 24.8 Å². The Bertz CT molecular complexity index is 832. The number of non-ortho nitro benzene ring substituents is 1. The highest BCUT2D eigenvalue weighted by Gasteiger charge is 2.14. The number of nitro benzene ring substituents is 1.